The Labute approximate surface area is 123 Å². The summed E-state index contributed by atoms with van der Waals surface area (Å²) >= 11 is 1.40. The molecule has 2 amide bonds. The highest BCUT2D eigenvalue weighted by atomic mass is 32.1. The van der Waals surface area contributed by atoms with Gasteiger partial charge in [-0.25, -0.2) is 0 Å². The van der Waals surface area contributed by atoms with Crippen LogP contribution in [0.3, 0.4) is 0 Å². The highest BCUT2D eigenvalue weighted by Crippen LogP contribution is 2.26. The number of rotatable bonds is 8. The highest BCUT2D eigenvalue weighted by molar-refractivity contribution is 7.08. The maximum Gasteiger partial charge on any atom is 0.262 e. The number of fused-ring (bicyclic) bond motifs is 1. The lowest BCUT2D eigenvalue weighted by Gasteiger charge is -2.13. The van der Waals surface area contributed by atoms with Crippen molar-refractivity contribution in [3.63, 3.8) is 0 Å². The highest BCUT2D eigenvalue weighted by Gasteiger charge is 2.35. The van der Waals surface area contributed by atoms with Crippen LogP contribution in [-0.2, 0) is 0 Å². The minimum Gasteiger partial charge on any atom is -0.274 e. The summed E-state index contributed by atoms with van der Waals surface area (Å²) in [5.41, 5.74) is 1.13. The van der Waals surface area contributed by atoms with Gasteiger partial charge in [-0.3, -0.25) is 14.5 Å². The van der Waals surface area contributed by atoms with Crippen LogP contribution in [0.1, 0.15) is 65.7 Å². The fourth-order valence-electron chi connectivity index (χ4n) is 2.40. The van der Waals surface area contributed by atoms with Crippen molar-refractivity contribution in [2.75, 3.05) is 6.54 Å². The summed E-state index contributed by atoms with van der Waals surface area (Å²) in [6.45, 7) is 0.523. The number of hydrogen-bond acceptors (Lipinski definition) is 4. The molecule has 1 aromatic heterocycles. The number of carbonyl (C=O) groups excluding carboxylic acids is 2. The molecule has 2 heterocycles. The van der Waals surface area contributed by atoms with Crippen molar-refractivity contribution in [2.45, 2.75) is 44.9 Å². The van der Waals surface area contributed by atoms with Gasteiger partial charge in [-0.1, -0.05) is 25.7 Å². The van der Waals surface area contributed by atoms with Crippen molar-refractivity contribution in [1.82, 2.24) is 4.90 Å². The summed E-state index contributed by atoms with van der Waals surface area (Å²) in [6.07, 6.45) is 6.81. The van der Waals surface area contributed by atoms with Crippen molar-refractivity contribution < 1.29 is 9.59 Å². The lowest BCUT2D eigenvalue weighted by molar-refractivity contribution is 0.0651. The quantitative estimate of drug-likeness (QED) is 0.543. The number of hydrogen-bond donors (Lipinski definition) is 0. The van der Waals surface area contributed by atoms with E-state index in [1.807, 2.05) is 0 Å². The van der Waals surface area contributed by atoms with Gasteiger partial charge < -0.3 is 0 Å². The molecular weight excluding hydrogens is 272 g/mol. The normalized spacial score (nSPS) is 13.7. The maximum absolute atomic E-state index is 12.0. The first-order chi connectivity index (χ1) is 9.75. The fraction of sp³-hybridized carbons (Fsp3) is 0.533. The molecule has 0 bridgehead atoms. The smallest absolute Gasteiger partial charge is 0.262 e. The van der Waals surface area contributed by atoms with Gasteiger partial charge in [0.05, 0.1) is 17.2 Å². The van der Waals surface area contributed by atoms with Crippen LogP contribution >= 0.6 is 11.3 Å². The molecule has 5 heteroatoms. The van der Waals surface area contributed by atoms with E-state index in [1.54, 1.807) is 10.8 Å². The molecule has 0 saturated heterocycles. The number of carbonyl (C=O) groups is 2. The Morgan fingerprint density at radius 1 is 0.950 bits per heavy atom. The van der Waals surface area contributed by atoms with Gasteiger partial charge in [0.15, 0.2) is 0 Å². The van der Waals surface area contributed by atoms with E-state index < -0.39 is 0 Å². The Morgan fingerprint density at radius 3 is 2.10 bits per heavy atom. The van der Waals surface area contributed by atoms with Gasteiger partial charge in [0, 0.05) is 23.7 Å². The average molecular weight is 290 g/mol. The Bertz CT molecular complexity index is 500. The molecule has 2 rings (SSSR count). The van der Waals surface area contributed by atoms with Crippen LogP contribution in [0.15, 0.2) is 10.8 Å². The molecule has 106 valence electrons. The Kier molecular flexibility index (Phi) is 5.31. The molecule has 0 aromatic carbocycles. The van der Waals surface area contributed by atoms with E-state index in [0.29, 0.717) is 24.1 Å². The molecule has 1 aliphatic heterocycles. The molecule has 0 fully saturated rings. The van der Waals surface area contributed by atoms with E-state index in [1.165, 1.54) is 16.2 Å². The summed E-state index contributed by atoms with van der Waals surface area (Å²) in [4.78, 5) is 25.3. The minimum atomic E-state index is -0.139. The van der Waals surface area contributed by atoms with Crippen molar-refractivity contribution in [1.29, 1.82) is 5.26 Å². The summed E-state index contributed by atoms with van der Waals surface area (Å²) in [5.74, 6) is -0.277. The number of imide groups is 1. The third-order valence-corrected chi connectivity index (χ3v) is 4.28. The van der Waals surface area contributed by atoms with Gasteiger partial charge >= 0.3 is 0 Å². The Hall–Kier alpha value is -1.67. The van der Waals surface area contributed by atoms with Crippen LogP contribution < -0.4 is 0 Å². The largest absolute Gasteiger partial charge is 0.274 e. The third kappa shape index (κ3) is 3.26. The zero-order valence-electron chi connectivity index (χ0n) is 11.4. The lowest BCUT2D eigenvalue weighted by atomic mass is 10.1. The minimum absolute atomic E-state index is 0.139. The summed E-state index contributed by atoms with van der Waals surface area (Å²) < 4.78 is 0. The summed E-state index contributed by atoms with van der Waals surface area (Å²) in [5, 5.41) is 11.9. The number of unbranched alkanes of at least 4 members (excludes halogenated alkanes) is 6. The molecule has 1 aliphatic rings. The van der Waals surface area contributed by atoms with Gasteiger partial charge in [-0.2, -0.15) is 16.6 Å². The number of amides is 2. The first-order valence-electron chi connectivity index (χ1n) is 7.05. The molecule has 0 radical (unpaired) electrons. The molecular formula is C15H18N2O2S. The predicted octanol–water partition coefficient (Wildman–Crippen LogP) is 3.60. The monoisotopic (exact) mass is 290 g/mol. The number of nitrogens with zero attached hydrogens (tertiary/aromatic N) is 2. The molecule has 0 aliphatic carbocycles. The SMILES string of the molecule is N#CCCCCCCCCN1C(=O)c2cscc2C1=O. The standard InChI is InChI=1S/C15H18N2O2S/c16-8-6-4-2-1-3-5-7-9-17-14(18)12-10-20-11-13(12)15(17)19/h10-11H,1-7,9H2. The number of thiophene rings is 1. The molecule has 4 nitrogen and oxygen atoms in total. The summed E-state index contributed by atoms with van der Waals surface area (Å²) in [6, 6.07) is 2.14. The summed E-state index contributed by atoms with van der Waals surface area (Å²) in [7, 11) is 0. The molecule has 0 atom stereocenters. The van der Waals surface area contributed by atoms with Gasteiger partial charge in [0.2, 0.25) is 0 Å². The fourth-order valence-corrected chi connectivity index (χ4v) is 3.19. The second kappa shape index (κ2) is 7.20. The van der Waals surface area contributed by atoms with Crippen LogP contribution in [0.2, 0.25) is 0 Å². The van der Waals surface area contributed by atoms with E-state index >= 15 is 0 Å². The Morgan fingerprint density at radius 2 is 1.50 bits per heavy atom. The van der Waals surface area contributed by atoms with E-state index in [9.17, 15) is 9.59 Å². The molecule has 1 aromatic rings. The topological polar surface area (TPSA) is 61.2 Å². The van der Waals surface area contributed by atoms with Crippen LogP contribution in [-0.4, -0.2) is 23.3 Å². The van der Waals surface area contributed by atoms with E-state index in [4.69, 9.17) is 5.26 Å². The number of nitriles is 1. The maximum atomic E-state index is 12.0. The molecule has 0 saturated carbocycles. The average Bonchev–Trinajstić information content (AvgIpc) is 3.00. The van der Waals surface area contributed by atoms with E-state index in [0.717, 1.165) is 38.5 Å². The van der Waals surface area contributed by atoms with Gasteiger partial charge in [0.1, 0.15) is 0 Å². The van der Waals surface area contributed by atoms with Gasteiger partial charge in [-0.15, -0.1) is 0 Å². The third-order valence-electron chi connectivity index (χ3n) is 3.53. The van der Waals surface area contributed by atoms with Crippen molar-refractivity contribution >= 4 is 23.2 Å². The second-order valence-corrected chi connectivity index (χ2v) is 5.73. The molecule has 20 heavy (non-hydrogen) atoms. The van der Waals surface area contributed by atoms with Crippen LogP contribution in [0.4, 0.5) is 0 Å². The first-order valence-corrected chi connectivity index (χ1v) is 7.99. The van der Waals surface area contributed by atoms with Gasteiger partial charge in [0.25, 0.3) is 11.8 Å². The van der Waals surface area contributed by atoms with Crippen molar-refractivity contribution in [3.05, 3.63) is 21.9 Å². The van der Waals surface area contributed by atoms with Crippen LogP contribution in [0, 0.1) is 11.3 Å². The zero-order valence-corrected chi connectivity index (χ0v) is 12.2. The zero-order chi connectivity index (χ0) is 14.4. The van der Waals surface area contributed by atoms with E-state index in [-0.39, 0.29) is 11.8 Å². The van der Waals surface area contributed by atoms with E-state index in [2.05, 4.69) is 6.07 Å². The lowest BCUT2D eigenvalue weighted by Crippen LogP contribution is -2.30. The first kappa shape index (κ1) is 14.7. The Balaban J connectivity index is 1.64. The van der Waals surface area contributed by atoms with Crippen molar-refractivity contribution in [2.24, 2.45) is 0 Å². The van der Waals surface area contributed by atoms with Gasteiger partial charge in [-0.05, 0) is 12.8 Å². The second-order valence-electron chi connectivity index (χ2n) is 4.99. The van der Waals surface area contributed by atoms with Crippen LogP contribution in [0.25, 0.3) is 0 Å². The van der Waals surface area contributed by atoms with Crippen LogP contribution in [0.5, 0.6) is 0 Å². The molecule has 0 N–H and O–H groups in total. The predicted molar refractivity (Wildman–Crippen MR) is 77.6 cm³/mol. The molecule has 0 unspecified atom stereocenters. The molecule has 0 spiro atoms. The van der Waals surface area contributed by atoms with Crippen molar-refractivity contribution in [3.8, 4) is 6.07 Å².